The first kappa shape index (κ1) is 15.0. The third kappa shape index (κ3) is 3.02. The molecule has 0 spiro atoms. The third-order valence-corrected chi connectivity index (χ3v) is 3.83. The molecule has 0 aliphatic carbocycles. The molecule has 20 heavy (non-hydrogen) atoms. The van der Waals surface area contributed by atoms with E-state index in [1.807, 2.05) is 17.7 Å². The van der Waals surface area contributed by atoms with Crippen LogP contribution in [0.1, 0.15) is 36.4 Å². The smallest absolute Gasteiger partial charge is 0.154 e. The Labute approximate surface area is 125 Å². The highest BCUT2D eigenvalue weighted by atomic mass is 35.5. The maximum absolute atomic E-state index is 6.21. The minimum absolute atomic E-state index is 0.415. The van der Waals surface area contributed by atoms with E-state index in [4.69, 9.17) is 11.6 Å². The quantitative estimate of drug-likeness (QED) is 0.940. The van der Waals surface area contributed by atoms with Crippen LogP contribution < -0.4 is 5.32 Å². The Morgan fingerprint density at radius 1 is 1.30 bits per heavy atom. The van der Waals surface area contributed by atoms with Gasteiger partial charge in [-0.2, -0.15) is 5.10 Å². The summed E-state index contributed by atoms with van der Waals surface area (Å²) in [6.45, 7) is 11.1. The second-order valence-corrected chi connectivity index (χ2v) is 5.78. The zero-order valence-corrected chi connectivity index (χ0v) is 13.4. The Morgan fingerprint density at radius 2 is 2.00 bits per heavy atom. The van der Waals surface area contributed by atoms with E-state index in [1.54, 1.807) is 6.20 Å². The van der Waals surface area contributed by atoms with Crippen LogP contribution in [0.3, 0.4) is 0 Å². The number of rotatable bonds is 4. The first-order chi connectivity index (χ1) is 9.40. The van der Waals surface area contributed by atoms with Gasteiger partial charge >= 0.3 is 0 Å². The van der Waals surface area contributed by atoms with Crippen molar-refractivity contribution in [2.75, 3.05) is 0 Å². The molecule has 0 bridgehead atoms. The molecule has 0 fully saturated rings. The average Bonchev–Trinajstić information content (AvgIpc) is 2.65. The zero-order chi connectivity index (χ0) is 14.9. The molecule has 0 aliphatic heterocycles. The van der Waals surface area contributed by atoms with Gasteiger partial charge in [0.1, 0.15) is 0 Å². The van der Waals surface area contributed by atoms with Crippen LogP contribution in [0.15, 0.2) is 12.3 Å². The van der Waals surface area contributed by atoms with Crippen molar-refractivity contribution in [3.8, 4) is 5.82 Å². The highest BCUT2D eigenvalue weighted by molar-refractivity contribution is 6.31. The van der Waals surface area contributed by atoms with Crippen LogP contribution in [0.4, 0.5) is 0 Å². The van der Waals surface area contributed by atoms with Gasteiger partial charge in [0, 0.05) is 24.5 Å². The number of nitrogens with zero attached hydrogens (tertiary/aromatic N) is 3. The van der Waals surface area contributed by atoms with Crippen LogP contribution >= 0.6 is 11.6 Å². The van der Waals surface area contributed by atoms with E-state index in [0.717, 1.165) is 29.3 Å². The largest absolute Gasteiger partial charge is 0.310 e. The predicted octanol–water partition coefficient (Wildman–Crippen LogP) is 3.34. The Morgan fingerprint density at radius 3 is 2.55 bits per heavy atom. The van der Waals surface area contributed by atoms with E-state index in [0.29, 0.717) is 11.1 Å². The molecule has 1 N–H and O–H groups in total. The number of aryl methyl sites for hydroxylation is 1. The van der Waals surface area contributed by atoms with Gasteiger partial charge < -0.3 is 5.32 Å². The van der Waals surface area contributed by atoms with Crippen molar-refractivity contribution in [2.45, 2.75) is 47.2 Å². The van der Waals surface area contributed by atoms with E-state index in [-0.39, 0.29) is 0 Å². The first-order valence-corrected chi connectivity index (χ1v) is 7.19. The molecular weight excluding hydrogens is 272 g/mol. The average molecular weight is 293 g/mol. The number of hydrogen-bond donors (Lipinski definition) is 1. The molecule has 0 radical (unpaired) electrons. The van der Waals surface area contributed by atoms with Crippen molar-refractivity contribution in [2.24, 2.45) is 0 Å². The van der Waals surface area contributed by atoms with Gasteiger partial charge in [-0.05, 0) is 38.0 Å². The second-order valence-electron chi connectivity index (χ2n) is 5.38. The van der Waals surface area contributed by atoms with Crippen LogP contribution in [0.25, 0.3) is 5.82 Å². The topological polar surface area (TPSA) is 42.7 Å². The Bertz CT molecular complexity index is 617. The van der Waals surface area contributed by atoms with Crippen LogP contribution in [-0.4, -0.2) is 20.8 Å². The van der Waals surface area contributed by atoms with Gasteiger partial charge in [0.25, 0.3) is 0 Å². The molecule has 4 nitrogen and oxygen atoms in total. The monoisotopic (exact) mass is 292 g/mol. The van der Waals surface area contributed by atoms with Gasteiger partial charge in [0.05, 0.1) is 10.7 Å². The lowest BCUT2D eigenvalue weighted by Crippen LogP contribution is -2.22. The van der Waals surface area contributed by atoms with Crippen LogP contribution in [0.2, 0.25) is 5.02 Å². The first-order valence-electron chi connectivity index (χ1n) is 6.81. The summed E-state index contributed by atoms with van der Waals surface area (Å²) in [5, 5.41) is 8.59. The standard InChI is InChI=1S/C15H21ClN4/c1-9(2)17-7-13-6-15(18-8-14(13)16)20-12(5)10(3)11(4)19-20/h6,8-9,17H,7H2,1-5H3. The summed E-state index contributed by atoms with van der Waals surface area (Å²) in [7, 11) is 0. The fourth-order valence-electron chi connectivity index (χ4n) is 1.98. The van der Waals surface area contributed by atoms with Crippen LogP contribution in [0.5, 0.6) is 0 Å². The molecule has 108 valence electrons. The van der Waals surface area contributed by atoms with Crippen LogP contribution in [0, 0.1) is 20.8 Å². The van der Waals surface area contributed by atoms with Gasteiger partial charge in [0.2, 0.25) is 0 Å². The molecule has 5 heteroatoms. The number of halogens is 1. The molecule has 2 aromatic heterocycles. The molecule has 2 heterocycles. The highest BCUT2D eigenvalue weighted by Gasteiger charge is 2.12. The third-order valence-electron chi connectivity index (χ3n) is 3.49. The molecule has 0 aromatic carbocycles. The molecular formula is C15H21ClN4. The molecule has 0 amide bonds. The normalized spacial score (nSPS) is 11.3. The number of nitrogens with one attached hydrogen (secondary N) is 1. The summed E-state index contributed by atoms with van der Waals surface area (Å²) < 4.78 is 1.87. The second kappa shape index (κ2) is 5.94. The van der Waals surface area contributed by atoms with Gasteiger partial charge in [0.15, 0.2) is 5.82 Å². The van der Waals surface area contributed by atoms with Gasteiger partial charge in [-0.1, -0.05) is 25.4 Å². The lowest BCUT2D eigenvalue weighted by molar-refractivity contribution is 0.588. The van der Waals surface area contributed by atoms with Crippen molar-refractivity contribution < 1.29 is 0 Å². The number of hydrogen-bond acceptors (Lipinski definition) is 3. The Hall–Kier alpha value is -1.39. The summed E-state index contributed by atoms with van der Waals surface area (Å²) in [6, 6.07) is 2.41. The van der Waals surface area contributed by atoms with Crippen molar-refractivity contribution in [3.05, 3.63) is 39.8 Å². The van der Waals surface area contributed by atoms with E-state index in [1.165, 1.54) is 5.56 Å². The SMILES string of the molecule is Cc1nn(-c2cc(CNC(C)C)c(Cl)cn2)c(C)c1C. The van der Waals surface area contributed by atoms with Crippen molar-refractivity contribution in [3.63, 3.8) is 0 Å². The number of pyridine rings is 1. The minimum atomic E-state index is 0.415. The zero-order valence-electron chi connectivity index (χ0n) is 12.7. The fourth-order valence-corrected chi connectivity index (χ4v) is 2.15. The summed E-state index contributed by atoms with van der Waals surface area (Å²) >= 11 is 6.21. The van der Waals surface area contributed by atoms with Gasteiger partial charge in [-0.3, -0.25) is 0 Å². The van der Waals surface area contributed by atoms with Crippen molar-refractivity contribution in [1.29, 1.82) is 0 Å². The van der Waals surface area contributed by atoms with Crippen molar-refractivity contribution in [1.82, 2.24) is 20.1 Å². The maximum atomic E-state index is 6.21. The molecule has 0 atom stereocenters. The molecule has 0 unspecified atom stereocenters. The minimum Gasteiger partial charge on any atom is -0.310 e. The summed E-state index contributed by atoms with van der Waals surface area (Å²) in [5.41, 5.74) is 4.38. The summed E-state index contributed by atoms with van der Waals surface area (Å²) in [4.78, 5) is 4.39. The molecule has 0 saturated heterocycles. The van der Waals surface area contributed by atoms with Crippen molar-refractivity contribution >= 4 is 11.6 Å². The Balaban J connectivity index is 2.38. The summed E-state index contributed by atoms with van der Waals surface area (Å²) in [6.07, 6.45) is 1.69. The van der Waals surface area contributed by atoms with E-state index < -0.39 is 0 Å². The molecule has 2 aromatic rings. The van der Waals surface area contributed by atoms with Crippen LogP contribution in [-0.2, 0) is 6.54 Å². The predicted molar refractivity (Wildman–Crippen MR) is 82.6 cm³/mol. The van der Waals surface area contributed by atoms with E-state index in [2.05, 4.69) is 43.1 Å². The molecule has 2 rings (SSSR count). The fraction of sp³-hybridized carbons (Fsp3) is 0.467. The number of aromatic nitrogens is 3. The molecule has 0 aliphatic rings. The lowest BCUT2D eigenvalue weighted by Gasteiger charge is -2.11. The lowest BCUT2D eigenvalue weighted by atomic mass is 10.2. The maximum Gasteiger partial charge on any atom is 0.154 e. The summed E-state index contributed by atoms with van der Waals surface area (Å²) in [5.74, 6) is 0.809. The van der Waals surface area contributed by atoms with E-state index in [9.17, 15) is 0 Å². The van der Waals surface area contributed by atoms with E-state index >= 15 is 0 Å². The molecule has 0 saturated carbocycles. The highest BCUT2D eigenvalue weighted by Crippen LogP contribution is 2.20. The van der Waals surface area contributed by atoms with Gasteiger partial charge in [-0.15, -0.1) is 0 Å². The van der Waals surface area contributed by atoms with Gasteiger partial charge in [-0.25, -0.2) is 9.67 Å². The Kier molecular flexibility index (Phi) is 4.45.